The maximum absolute atomic E-state index is 15.1. The normalized spacial score (nSPS) is 18.0. The number of alkyl halides is 4. The minimum Gasteiger partial charge on any atom is -0.406 e. The molecular weight excluding hydrogens is 480 g/mol. The first-order valence-electron chi connectivity index (χ1n) is 11.2. The maximum atomic E-state index is 15.1. The van der Waals surface area contributed by atoms with Crippen LogP contribution in [-0.4, -0.2) is 46.5 Å². The fourth-order valence-electron chi connectivity index (χ4n) is 4.10. The number of ether oxygens (including phenoxy) is 1. The van der Waals surface area contributed by atoms with Crippen LogP contribution in [0.15, 0.2) is 48.8 Å². The number of carbonyl (C=O) groups excluding carboxylic acids is 1. The van der Waals surface area contributed by atoms with Crippen LogP contribution >= 0.6 is 0 Å². The molecule has 1 aliphatic rings. The second-order valence-electron chi connectivity index (χ2n) is 8.37. The van der Waals surface area contributed by atoms with E-state index >= 15 is 4.39 Å². The summed E-state index contributed by atoms with van der Waals surface area (Å²) in [5.41, 5.74) is 2.75. The molecule has 12 heteroatoms. The highest BCUT2D eigenvalue weighted by atomic mass is 19.4. The number of amides is 1. The number of hydrogen-bond donors (Lipinski definition) is 2. The minimum absolute atomic E-state index is 0.0198. The van der Waals surface area contributed by atoms with Gasteiger partial charge in [0.2, 0.25) is 17.8 Å². The molecule has 2 atom stereocenters. The molecule has 1 fully saturated rings. The van der Waals surface area contributed by atoms with Crippen molar-refractivity contribution >= 4 is 29.2 Å². The van der Waals surface area contributed by atoms with E-state index in [4.69, 9.17) is 0 Å². The molecular formula is C24H24F4N6O2. The fourth-order valence-corrected chi connectivity index (χ4v) is 4.10. The number of carbonyl (C=O) groups is 1. The number of nitrogens with one attached hydrogen (secondary N) is 2. The average Bonchev–Trinajstić information content (AvgIpc) is 2.81. The van der Waals surface area contributed by atoms with E-state index in [9.17, 15) is 18.0 Å². The summed E-state index contributed by atoms with van der Waals surface area (Å²) >= 11 is 0. The van der Waals surface area contributed by atoms with Gasteiger partial charge in [0.05, 0.1) is 6.54 Å². The predicted molar refractivity (Wildman–Crippen MR) is 126 cm³/mol. The number of benzene rings is 2. The van der Waals surface area contributed by atoms with Crippen molar-refractivity contribution in [3.05, 3.63) is 59.9 Å². The third-order valence-corrected chi connectivity index (χ3v) is 5.82. The lowest BCUT2D eigenvalue weighted by Gasteiger charge is -2.35. The second-order valence-corrected chi connectivity index (χ2v) is 8.37. The molecule has 0 saturated carbocycles. The Balaban J connectivity index is 1.43. The fraction of sp³-hybridized carbons (Fsp3) is 0.333. The quantitative estimate of drug-likeness (QED) is 0.451. The molecule has 0 unspecified atom stereocenters. The van der Waals surface area contributed by atoms with Crippen molar-refractivity contribution in [3.63, 3.8) is 0 Å². The van der Waals surface area contributed by atoms with E-state index in [1.54, 1.807) is 17.0 Å². The molecule has 3 aromatic rings. The summed E-state index contributed by atoms with van der Waals surface area (Å²) in [5.74, 6) is -0.437. The zero-order chi connectivity index (χ0) is 25.9. The van der Waals surface area contributed by atoms with Crippen molar-refractivity contribution in [2.24, 2.45) is 0 Å². The highest BCUT2D eigenvalue weighted by Crippen LogP contribution is 2.34. The lowest BCUT2D eigenvalue weighted by atomic mass is 9.88. The van der Waals surface area contributed by atoms with Crippen LogP contribution in [0.1, 0.15) is 30.4 Å². The number of hydrogen-bond acceptors (Lipinski definition) is 7. The average molecular weight is 504 g/mol. The number of anilines is 4. The zero-order valence-corrected chi connectivity index (χ0v) is 19.5. The van der Waals surface area contributed by atoms with Crippen LogP contribution in [0, 0.1) is 6.92 Å². The summed E-state index contributed by atoms with van der Waals surface area (Å²) < 4.78 is 56.1. The third kappa shape index (κ3) is 6.18. The lowest BCUT2D eigenvalue weighted by molar-refractivity contribution is -0.274. The molecule has 36 heavy (non-hydrogen) atoms. The molecule has 0 spiro atoms. The Labute approximate surface area is 204 Å². The van der Waals surface area contributed by atoms with Gasteiger partial charge < -0.3 is 20.3 Å². The number of halogens is 4. The van der Waals surface area contributed by atoms with Crippen LogP contribution in [0.3, 0.4) is 0 Å². The molecule has 1 amide bonds. The van der Waals surface area contributed by atoms with Crippen molar-refractivity contribution < 1.29 is 27.1 Å². The van der Waals surface area contributed by atoms with E-state index in [1.165, 1.54) is 37.5 Å². The van der Waals surface area contributed by atoms with Crippen LogP contribution in [0.4, 0.5) is 40.8 Å². The molecule has 4 rings (SSSR count). The molecule has 1 aromatic heterocycles. The number of piperidine rings is 1. The van der Waals surface area contributed by atoms with Crippen LogP contribution < -0.4 is 20.3 Å². The van der Waals surface area contributed by atoms with Gasteiger partial charge in [0, 0.05) is 30.8 Å². The Morgan fingerprint density at radius 3 is 2.50 bits per heavy atom. The molecule has 1 saturated heterocycles. The molecule has 2 N–H and O–H groups in total. The molecule has 2 heterocycles. The lowest BCUT2D eigenvalue weighted by Crippen LogP contribution is -2.41. The van der Waals surface area contributed by atoms with E-state index in [1.807, 2.05) is 13.0 Å². The Hall–Kier alpha value is -3.96. The smallest absolute Gasteiger partial charge is 0.406 e. The van der Waals surface area contributed by atoms with Crippen LogP contribution in [0.25, 0.3) is 0 Å². The first-order valence-corrected chi connectivity index (χ1v) is 11.2. The Bertz CT molecular complexity index is 1220. The number of aromatic nitrogens is 3. The van der Waals surface area contributed by atoms with Gasteiger partial charge in [0.1, 0.15) is 18.2 Å². The molecule has 0 bridgehead atoms. The second kappa shape index (κ2) is 10.3. The first-order chi connectivity index (χ1) is 17.1. The Morgan fingerprint density at radius 1 is 1.11 bits per heavy atom. The third-order valence-electron chi connectivity index (χ3n) is 5.82. The van der Waals surface area contributed by atoms with Gasteiger partial charge in [-0.25, -0.2) is 14.4 Å². The highest BCUT2D eigenvalue weighted by molar-refractivity contribution is 5.90. The monoisotopic (exact) mass is 504 g/mol. The van der Waals surface area contributed by atoms with Gasteiger partial charge in [-0.15, -0.1) is 13.2 Å². The summed E-state index contributed by atoms with van der Waals surface area (Å²) in [6.07, 6.45) is -4.30. The Kier molecular flexibility index (Phi) is 7.22. The molecule has 0 aliphatic carbocycles. The predicted octanol–water partition coefficient (Wildman–Crippen LogP) is 5.11. The van der Waals surface area contributed by atoms with E-state index in [-0.39, 0.29) is 24.1 Å². The number of rotatable bonds is 6. The molecule has 190 valence electrons. The maximum Gasteiger partial charge on any atom is 0.573 e. The summed E-state index contributed by atoms with van der Waals surface area (Å²) in [4.78, 5) is 25.9. The van der Waals surface area contributed by atoms with E-state index in [2.05, 4.69) is 30.3 Å². The zero-order valence-electron chi connectivity index (χ0n) is 19.5. The summed E-state index contributed by atoms with van der Waals surface area (Å²) in [6.45, 7) is 3.74. The molecule has 0 radical (unpaired) electrons. The van der Waals surface area contributed by atoms with Gasteiger partial charge in [-0.1, -0.05) is 18.2 Å². The van der Waals surface area contributed by atoms with Gasteiger partial charge in [-0.05, 0) is 48.7 Å². The van der Waals surface area contributed by atoms with Crippen molar-refractivity contribution in [1.29, 1.82) is 0 Å². The summed E-state index contributed by atoms with van der Waals surface area (Å²) in [5, 5.41) is 5.87. The highest BCUT2D eigenvalue weighted by Gasteiger charge is 2.33. The Morgan fingerprint density at radius 2 is 1.83 bits per heavy atom. The molecule has 1 aliphatic heterocycles. The SMILES string of the molecule is CC(=O)Nc1cccc(Nc2ncnc(N3CC[C@@H](c4ccc(OC(F)(F)F)cc4)[C@H](F)C3)n2)c1C. The summed E-state index contributed by atoms with van der Waals surface area (Å²) in [6, 6.07) is 10.7. The van der Waals surface area contributed by atoms with Gasteiger partial charge in [0.25, 0.3) is 0 Å². The van der Waals surface area contributed by atoms with E-state index in [0.717, 1.165) is 5.56 Å². The summed E-state index contributed by atoms with van der Waals surface area (Å²) in [7, 11) is 0. The van der Waals surface area contributed by atoms with Crippen molar-refractivity contribution in [2.45, 2.75) is 38.7 Å². The van der Waals surface area contributed by atoms with Crippen molar-refractivity contribution in [3.8, 4) is 5.75 Å². The van der Waals surface area contributed by atoms with Crippen LogP contribution in [0.5, 0.6) is 5.75 Å². The van der Waals surface area contributed by atoms with Gasteiger partial charge in [0.15, 0.2) is 0 Å². The standard InChI is InChI=1S/C24H24F4N6O2/c1-14-20(31-15(2)35)4-3-5-21(14)32-22-29-13-30-23(33-22)34-11-10-18(19(25)12-34)16-6-8-17(9-7-16)36-24(26,27)28/h3-9,13,18-19H,10-12H2,1-2H3,(H,31,35)(H,29,30,32,33)/t18-,19+/m0/s1. The van der Waals surface area contributed by atoms with Crippen molar-refractivity contribution in [2.75, 3.05) is 28.6 Å². The number of nitrogens with zero attached hydrogens (tertiary/aromatic N) is 4. The minimum atomic E-state index is -4.78. The largest absolute Gasteiger partial charge is 0.573 e. The van der Waals surface area contributed by atoms with Crippen molar-refractivity contribution in [1.82, 2.24) is 15.0 Å². The van der Waals surface area contributed by atoms with Gasteiger partial charge >= 0.3 is 6.36 Å². The van der Waals surface area contributed by atoms with E-state index in [0.29, 0.717) is 35.9 Å². The van der Waals surface area contributed by atoms with E-state index < -0.39 is 18.5 Å². The van der Waals surface area contributed by atoms with Gasteiger partial charge in [-0.3, -0.25) is 4.79 Å². The topological polar surface area (TPSA) is 92.3 Å². The molecule has 8 nitrogen and oxygen atoms in total. The van der Waals surface area contributed by atoms with Crippen LogP contribution in [-0.2, 0) is 4.79 Å². The van der Waals surface area contributed by atoms with Crippen LogP contribution in [0.2, 0.25) is 0 Å². The first kappa shape index (κ1) is 25.1. The van der Waals surface area contributed by atoms with Gasteiger partial charge in [-0.2, -0.15) is 4.98 Å². The molecule has 2 aromatic carbocycles.